The molecule has 5 rings (SSSR count). The summed E-state index contributed by atoms with van der Waals surface area (Å²) in [4.78, 5) is 36.8. The molecule has 0 spiro atoms. The highest BCUT2D eigenvalue weighted by molar-refractivity contribution is 6.00. The molecule has 0 fully saturated rings. The van der Waals surface area contributed by atoms with Gasteiger partial charge in [0.25, 0.3) is 5.91 Å². The highest BCUT2D eigenvalue weighted by Crippen LogP contribution is 2.26. The number of fused-ring (bicyclic) bond motifs is 2. The van der Waals surface area contributed by atoms with Crippen molar-refractivity contribution in [2.24, 2.45) is 0 Å². The zero-order chi connectivity index (χ0) is 23.5. The number of carbonyl (C=O) groups is 2. The van der Waals surface area contributed by atoms with Crippen LogP contribution in [0.3, 0.4) is 0 Å². The van der Waals surface area contributed by atoms with Crippen molar-refractivity contribution < 1.29 is 9.59 Å². The molecule has 4 aromatic rings. The summed E-state index contributed by atoms with van der Waals surface area (Å²) in [5.41, 5.74) is 4.46. The molecular weight excluding hydrogens is 428 g/mol. The SMILES string of the molecule is CC(=O)NCCNc1nc(-c2ccccc2)nc2[nH]c(C(=O)NC3Cc4ccccc4C3)cc12. The number of carbonyl (C=O) groups excluding carboxylic acids is 2. The highest BCUT2D eigenvalue weighted by Gasteiger charge is 2.24. The van der Waals surface area contributed by atoms with E-state index < -0.39 is 0 Å². The summed E-state index contributed by atoms with van der Waals surface area (Å²) >= 11 is 0. The van der Waals surface area contributed by atoms with Crippen molar-refractivity contribution in [1.82, 2.24) is 25.6 Å². The van der Waals surface area contributed by atoms with Crippen LogP contribution in [0, 0.1) is 0 Å². The van der Waals surface area contributed by atoms with E-state index in [4.69, 9.17) is 4.98 Å². The third kappa shape index (κ3) is 4.61. The molecule has 2 aromatic heterocycles. The topological polar surface area (TPSA) is 112 Å². The number of amides is 2. The number of anilines is 1. The molecule has 0 aliphatic heterocycles. The molecule has 2 heterocycles. The van der Waals surface area contributed by atoms with Crippen molar-refractivity contribution >= 4 is 28.7 Å². The molecule has 0 atom stereocenters. The van der Waals surface area contributed by atoms with Crippen LogP contribution in [0.25, 0.3) is 22.4 Å². The van der Waals surface area contributed by atoms with E-state index >= 15 is 0 Å². The number of nitrogens with zero attached hydrogens (tertiary/aromatic N) is 2. The van der Waals surface area contributed by atoms with Gasteiger partial charge in [0.05, 0.1) is 5.39 Å². The van der Waals surface area contributed by atoms with Gasteiger partial charge in [-0.05, 0) is 30.0 Å². The molecule has 34 heavy (non-hydrogen) atoms. The number of benzene rings is 2. The van der Waals surface area contributed by atoms with E-state index in [1.54, 1.807) is 6.07 Å². The maximum Gasteiger partial charge on any atom is 0.268 e. The first kappa shape index (κ1) is 21.6. The van der Waals surface area contributed by atoms with Gasteiger partial charge in [-0.3, -0.25) is 9.59 Å². The first-order chi connectivity index (χ1) is 16.6. The monoisotopic (exact) mass is 454 g/mol. The van der Waals surface area contributed by atoms with E-state index in [-0.39, 0.29) is 17.9 Å². The van der Waals surface area contributed by atoms with Gasteiger partial charge in [-0.2, -0.15) is 0 Å². The van der Waals surface area contributed by atoms with Crippen LogP contribution < -0.4 is 16.0 Å². The van der Waals surface area contributed by atoms with E-state index in [1.807, 2.05) is 42.5 Å². The molecule has 0 radical (unpaired) electrons. The molecule has 0 saturated carbocycles. The normalized spacial score (nSPS) is 13.0. The Morgan fingerprint density at radius 3 is 2.38 bits per heavy atom. The fraction of sp³-hybridized carbons (Fsp3) is 0.231. The lowest BCUT2D eigenvalue weighted by Crippen LogP contribution is -2.35. The second-order valence-electron chi connectivity index (χ2n) is 8.46. The summed E-state index contributed by atoms with van der Waals surface area (Å²) in [7, 11) is 0. The second-order valence-corrected chi connectivity index (χ2v) is 8.46. The molecule has 0 saturated heterocycles. The summed E-state index contributed by atoms with van der Waals surface area (Å²) in [6.07, 6.45) is 1.66. The van der Waals surface area contributed by atoms with Crippen LogP contribution >= 0.6 is 0 Å². The summed E-state index contributed by atoms with van der Waals surface area (Å²) in [6, 6.07) is 19.8. The molecule has 8 heteroatoms. The van der Waals surface area contributed by atoms with Crippen molar-refractivity contribution in [1.29, 1.82) is 0 Å². The van der Waals surface area contributed by atoms with Gasteiger partial charge in [0, 0.05) is 31.6 Å². The third-order valence-corrected chi connectivity index (χ3v) is 5.94. The maximum absolute atomic E-state index is 13.1. The van der Waals surface area contributed by atoms with E-state index in [1.165, 1.54) is 18.1 Å². The fourth-order valence-electron chi connectivity index (χ4n) is 4.33. The zero-order valence-electron chi connectivity index (χ0n) is 18.9. The van der Waals surface area contributed by atoms with Crippen molar-refractivity contribution in [3.8, 4) is 11.4 Å². The molecule has 4 N–H and O–H groups in total. The maximum atomic E-state index is 13.1. The van der Waals surface area contributed by atoms with Gasteiger partial charge in [-0.25, -0.2) is 9.97 Å². The average molecular weight is 455 g/mol. The van der Waals surface area contributed by atoms with Gasteiger partial charge in [0.1, 0.15) is 17.2 Å². The fourth-order valence-corrected chi connectivity index (χ4v) is 4.33. The lowest BCUT2D eigenvalue weighted by atomic mass is 10.1. The molecule has 0 bridgehead atoms. The summed E-state index contributed by atoms with van der Waals surface area (Å²) in [6.45, 7) is 2.44. The van der Waals surface area contributed by atoms with Crippen molar-refractivity contribution in [2.45, 2.75) is 25.8 Å². The zero-order valence-corrected chi connectivity index (χ0v) is 18.9. The van der Waals surface area contributed by atoms with Gasteiger partial charge < -0.3 is 20.9 Å². The molecule has 2 amide bonds. The Morgan fingerprint density at radius 1 is 0.971 bits per heavy atom. The van der Waals surface area contributed by atoms with Crippen LogP contribution in [0.5, 0.6) is 0 Å². The van der Waals surface area contributed by atoms with Crippen LogP contribution in [-0.2, 0) is 17.6 Å². The Labute approximate surface area is 197 Å². The van der Waals surface area contributed by atoms with E-state index in [9.17, 15) is 9.59 Å². The number of nitrogens with one attached hydrogen (secondary N) is 4. The van der Waals surface area contributed by atoms with Crippen LogP contribution in [-0.4, -0.2) is 45.9 Å². The van der Waals surface area contributed by atoms with Crippen LogP contribution in [0.4, 0.5) is 5.82 Å². The van der Waals surface area contributed by atoms with Crippen molar-refractivity contribution in [2.75, 3.05) is 18.4 Å². The van der Waals surface area contributed by atoms with E-state index in [0.717, 1.165) is 23.8 Å². The predicted octanol–water partition coefficient (Wildman–Crippen LogP) is 3.07. The predicted molar refractivity (Wildman–Crippen MR) is 132 cm³/mol. The number of aromatic nitrogens is 3. The van der Waals surface area contributed by atoms with Crippen LogP contribution in [0.15, 0.2) is 60.7 Å². The summed E-state index contributed by atoms with van der Waals surface area (Å²) < 4.78 is 0. The van der Waals surface area contributed by atoms with Crippen LogP contribution in [0.1, 0.15) is 28.5 Å². The number of hydrogen-bond donors (Lipinski definition) is 4. The van der Waals surface area contributed by atoms with Gasteiger partial charge >= 0.3 is 0 Å². The Kier molecular flexibility index (Phi) is 5.95. The largest absolute Gasteiger partial charge is 0.368 e. The average Bonchev–Trinajstić information content (AvgIpc) is 3.46. The quantitative estimate of drug-likeness (QED) is 0.321. The first-order valence-corrected chi connectivity index (χ1v) is 11.4. The summed E-state index contributed by atoms with van der Waals surface area (Å²) in [5.74, 6) is 0.906. The molecule has 172 valence electrons. The lowest BCUT2D eigenvalue weighted by molar-refractivity contribution is -0.118. The second kappa shape index (κ2) is 9.35. The van der Waals surface area contributed by atoms with Crippen LogP contribution in [0.2, 0.25) is 0 Å². The van der Waals surface area contributed by atoms with E-state index in [0.29, 0.717) is 36.1 Å². The standard InChI is InChI=1S/C26H26N6O2/c1-16(33)27-11-12-28-24-21-15-22(26(34)29-20-13-18-9-5-6-10-19(18)14-20)30-25(21)32-23(31-24)17-7-3-2-4-8-17/h2-10,15,20H,11-14H2,1H3,(H,27,33)(H,29,34)(H2,28,30,31,32). The Balaban J connectivity index is 1.40. The van der Waals surface area contributed by atoms with Crippen molar-refractivity contribution in [3.05, 3.63) is 77.5 Å². The minimum atomic E-state index is -0.165. The molecule has 2 aromatic carbocycles. The number of H-pyrrole nitrogens is 1. The lowest BCUT2D eigenvalue weighted by Gasteiger charge is -2.10. The Morgan fingerprint density at radius 2 is 1.68 bits per heavy atom. The molecule has 1 aliphatic carbocycles. The van der Waals surface area contributed by atoms with Crippen molar-refractivity contribution in [3.63, 3.8) is 0 Å². The van der Waals surface area contributed by atoms with Gasteiger partial charge in [0.2, 0.25) is 5.91 Å². The Bertz CT molecular complexity index is 1320. The molecule has 0 unspecified atom stereocenters. The highest BCUT2D eigenvalue weighted by atomic mass is 16.2. The molecule has 8 nitrogen and oxygen atoms in total. The smallest absolute Gasteiger partial charge is 0.268 e. The Hall–Kier alpha value is -4.20. The number of aromatic amines is 1. The number of hydrogen-bond acceptors (Lipinski definition) is 5. The molecular formula is C26H26N6O2. The van der Waals surface area contributed by atoms with E-state index in [2.05, 4.69) is 38.1 Å². The first-order valence-electron chi connectivity index (χ1n) is 11.4. The summed E-state index contributed by atoms with van der Waals surface area (Å²) in [5, 5.41) is 9.91. The van der Waals surface area contributed by atoms with Gasteiger partial charge in [-0.1, -0.05) is 54.6 Å². The van der Waals surface area contributed by atoms with Gasteiger partial charge in [-0.15, -0.1) is 0 Å². The third-order valence-electron chi connectivity index (χ3n) is 5.94. The number of rotatable bonds is 7. The molecule has 1 aliphatic rings. The minimum Gasteiger partial charge on any atom is -0.368 e. The van der Waals surface area contributed by atoms with Gasteiger partial charge in [0.15, 0.2) is 5.82 Å². The minimum absolute atomic E-state index is 0.0672.